The summed E-state index contributed by atoms with van der Waals surface area (Å²) in [4.78, 5) is 12.9. The van der Waals surface area contributed by atoms with Crippen LogP contribution in [0.15, 0.2) is 54.6 Å². The quantitative estimate of drug-likeness (QED) is 0.114. The van der Waals surface area contributed by atoms with E-state index in [0.717, 1.165) is 11.6 Å². The van der Waals surface area contributed by atoms with E-state index in [4.69, 9.17) is 23.7 Å². The molecule has 2 saturated heterocycles. The first-order valence-electron chi connectivity index (χ1n) is 14.2. The highest BCUT2D eigenvalue weighted by molar-refractivity contribution is 5.87. The summed E-state index contributed by atoms with van der Waals surface area (Å²) in [6.45, 7) is 10.3. The van der Waals surface area contributed by atoms with Crippen molar-refractivity contribution in [2.24, 2.45) is 0 Å². The van der Waals surface area contributed by atoms with Crippen LogP contribution in [0.3, 0.4) is 0 Å². The molecule has 0 bridgehead atoms. The van der Waals surface area contributed by atoms with Gasteiger partial charge in [-0.25, -0.2) is 4.79 Å². The predicted octanol–water partition coefficient (Wildman–Crippen LogP) is 1.32. The molecule has 2 aliphatic rings. The largest absolute Gasteiger partial charge is 0.508 e. The number of hydrogen-bond donors (Lipinski definition) is 6. The lowest BCUT2D eigenvalue weighted by Crippen LogP contribution is -2.65. The highest BCUT2D eigenvalue weighted by Gasteiger charge is 2.53. The highest BCUT2D eigenvalue weighted by atomic mass is 16.7. The molecule has 2 fully saturated rings. The predicted molar refractivity (Wildman–Crippen MR) is 154 cm³/mol. The number of allylic oxidation sites excluding steroid dienone is 2. The molecule has 2 aliphatic heterocycles. The van der Waals surface area contributed by atoms with Gasteiger partial charge in [-0.15, -0.1) is 6.58 Å². The summed E-state index contributed by atoms with van der Waals surface area (Å²) in [6, 6.07) is 6.04. The Bertz CT molecular complexity index is 1120. The first kappa shape index (κ1) is 34.8. The maximum atomic E-state index is 12.9. The third-order valence-electron chi connectivity index (χ3n) is 7.46. The van der Waals surface area contributed by atoms with Crippen LogP contribution in [0, 0.1) is 0 Å². The smallest absolute Gasteiger partial charge is 0.331 e. The van der Waals surface area contributed by atoms with Crippen molar-refractivity contribution in [3.63, 3.8) is 0 Å². The zero-order valence-electron chi connectivity index (χ0n) is 24.9. The van der Waals surface area contributed by atoms with Crippen LogP contribution < -0.4 is 0 Å². The minimum absolute atomic E-state index is 0.0548. The van der Waals surface area contributed by atoms with Gasteiger partial charge >= 0.3 is 5.97 Å². The number of rotatable bonds is 12. The van der Waals surface area contributed by atoms with Crippen molar-refractivity contribution < 1.29 is 59.1 Å². The number of ether oxygens (including phenoxy) is 5. The fourth-order valence-corrected chi connectivity index (χ4v) is 4.76. The summed E-state index contributed by atoms with van der Waals surface area (Å²) in [7, 11) is 0. The van der Waals surface area contributed by atoms with Crippen LogP contribution in [0.5, 0.6) is 5.75 Å². The van der Waals surface area contributed by atoms with Gasteiger partial charge in [0.05, 0.1) is 18.3 Å². The number of aliphatic hydroxyl groups is 5. The van der Waals surface area contributed by atoms with Crippen molar-refractivity contribution in [3.8, 4) is 5.75 Å². The van der Waals surface area contributed by atoms with Crippen LogP contribution in [0.4, 0.5) is 0 Å². The Kier molecular flexibility index (Phi) is 12.5. The van der Waals surface area contributed by atoms with E-state index in [1.165, 1.54) is 25.1 Å². The molecule has 43 heavy (non-hydrogen) atoms. The second kappa shape index (κ2) is 15.4. The molecule has 0 aromatic heterocycles. The summed E-state index contributed by atoms with van der Waals surface area (Å²) >= 11 is 0. The molecule has 2 heterocycles. The number of aliphatic hydroxyl groups excluding tert-OH is 5. The van der Waals surface area contributed by atoms with Gasteiger partial charge in [0.2, 0.25) is 0 Å². The molecule has 0 aliphatic carbocycles. The Hall–Kier alpha value is -2.65. The maximum absolute atomic E-state index is 12.9. The fourth-order valence-electron chi connectivity index (χ4n) is 4.76. The molecule has 240 valence electrons. The van der Waals surface area contributed by atoms with Gasteiger partial charge in [0, 0.05) is 6.08 Å². The molecule has 0 radical (unpaired) electrons. The van der Waals surface area contributed by atoms with Crippen molar-refractivity contribution >= 4 is 12.0 Å². The molecular weight excluding hydrogens is 564 g/mol. The minimum atomic E-state index is -1.72. The van der Waals surface area contributed by atoms with Gasteiger partial charge in [-0.2, -0.15) is 0 Å². The molecule has 0 spiro atoms. The Labute approximate surface area is 251 Å². The van der Waals surface area contributed by atoms with Crippen LogP contribution in [-0.4, -0.2) is 110 Å². The van der Waals surface area contributed by atoms with Crippen LogP contribution in [0.1, 0.15) is 46.1 Å². The molecule has 1 aromatic carbocycles. The number of carbonyl (C=O) groups is 1. The monoisotopic (exact) mass is 608 g/mol. The van der Waals surface area contributed by atoms with E-state index < -0.39 is 79.6 Å². The van der Waals surface area contributed by atoms with Crippen LogP contribution in [0.2, 0.25) is 0 Å². The maximum Gasteiger partial charge on any atom is 0.331 e. The Morgan fingerprint density at radius 2 is 1.67 bits per heavy atom. The average Bonchev–Trinajstić information content (AvgIpc) is 2.97. The number of carbonyl (C=O) groups excluding carboxylic acids is 1. The SMILES string of the molecule is C=C[C@@](C)(CCC=C(C)C)O[C@@H]1O[C@H](CO)[C@@H](OC(=O)/C=C\c2ccc(O)cc2)[C@H](O[C@@H]2O[C@@H](C)[C@H](O)[C@@H](O)[C@H]2O)[C@H]1O. The van der Waals surface area contributed by atoms with E-state index in [9.17, 15) is 35.4 Å². The Morgan fingerprint density at radius 1 is 1.00 bits per heavy atom. The van der Waals surface area contributed by atoms with E-state index in [0.29, 0.717) is 18.4 Å². The third kappa shape index (κ3) is 9.17. The number of hydrogen-bond acceptors (Lipinski definition) is 12. The molecule has 11 atom stereocenters. The summed E-state index contributed by atoms with van der Waals surface area (Å²) in [5.41, 5.74) is 0.728. The lowest BCUT2D eigenvalue weighted by atomic mass is 9.95. The number of aromatic hydroxyl groups is 1. The van der Waals surface area contributed by atoms with Gasteiger partial charge in [-0.1, -0.05) is 29.9 Å². The van der Waals surface area contributed by atoms with Gasteiger partial charge in [0.1, 0.15) is 42.4 Å². The second-order valence-corrected chi connectivity index (χ2v) is 11.3. The topological polar surface area (TPSA) is 185 Å². The summed E-state index contributed by atoms with van der Waals surface area (Å²) in [6.07, 6.45) is -7.17. The van der Waals surface area contributed by atoms with Crippen molar-refractivity contribution in [3.05, 3.63) is 60.2 Å². The lowest BCUT2D eigenvalue weighted by Gasteiger charge is -2.47. The van der Waals surface area contributed by atoms with Crippen LogP contribution in [0.25, 0.3) is 6.08 Å². The van der Waals surface area contributed by atoms with E-state index >= 15 is 0 Å². The Balaban J connectivity index is 1.88. The van der Waals surface area contributed by atoms with Crippen LogP contribution in [-0.2, 0) is 28.5 Å². The van der Waals surface area contributed by atoms with Crippen molar-refractivity contribution in [2.75, 3.05) is 6.61 Å². The van der Waals surface area contributed by atoms with Crippen molar-refractivity contribution in [1.82, 2.24) is 0 Å². The molecule has 0 unspecified atom stereocenters. The fraction of sp³-hybridized carbons (Fsp3) is 0.581. The molecular formula is C31H44O12. The molecule has 0 saturated carbocycles. The summed E-state index contributed by atoms with van der Waals surface area (Å²) in [5.74, 6) is -0.814. The zero-order chi connectivity index (χ0) is 31.9. The Morgan fingerprint density at radius 3 is 2.28 bits per heavy atom. The first-order chi connectivity index (χ1) is 20.3. The summed E-state index contributed by atoms with van der Waals surface area (Å²) in [5, 5.41) is 62.1. The zero-order valence-corrected chi connectivity index (χ0v) is 24.9. The van der Waals surface area contributed by atoms with Crippen molar-refractivity contribution in [2.45, 2.75) is 108 Å². The van der Waals surface area contributed by atoms with Gasteiger partial charge < -0.3 is 54.3 Å². The van der Waals surface area contributed by atoms with E-state index in [2.05, 4.69) is 6.58 Å². The molecule has 12 heteroatoms. The summed E-state index contributed by atoms with van der Waals surface area (Å²) < 4.78 is 29.1. The average molecular weight is 609 g/mol. The number of phenols is 1. The van der Waals surface area contributed by atoms with Gasteiger partial charge in [0.15, 0.2) is 18.7 Å². The molecule has 0 amide bonds. The van der Waals surface area contributed by atoms with E-state index in [1.54, 1.807) is 25.1 Å². The van der Waals surface area contributed by atoms with Gasteiger partial charge in [-0.3, -0.25) is 0 Å². The number of benzene rings is 1. The van der Waals surface area contributed by atoms with Crippen molar-refractivity contribution in [1.29, 1.82) is 0 Å². The molecule has 1 aromatic rings. The molecule has 12 nitrogen and oxygen atoms in total. The number of esters is 1. The normalized spacial score (nSPS) is 34.3. The van der Waals surface area contributed by atoms with Gasteiger partial charge in [0.25, 0.3) is 0 Å². The number of phenolic OH excluding ortho intramolecular Hbond substituents is 1. The van der Waals surface area contributed by atoms with Crippen LogP contribution >= 0.6 is 0 Å². The molecule has 6 N–H and O–H groups in total. The van der Waals surface area contributed by atoms with Gasteiger partial charge in [-0.05, 0) is 64.3 Å². The highest BCUT2D eigenvalue weighted by Crippen LogP contribution is 2.34. The third-order valence-corrected chi connectivity index (χ3v) is 7.46. The van der Waals surface area contributed by atoms with E-state index in [-0.39, 0.29) is 5.75 Å². The first-order valence-corrected chi connectivity index (χ1v) is 14.2. The standard InChI is InChI=1S/C31H44O12/c1-6-31(5,15-7-8-17(2)3)43-30-26(38)28(42-29-25(37)24(36)23(35)18(4)39-29)27(21(16-32)40-30)41-22(34)14-11-19-9-12-20(33)13-10-19/h6,8-14,18,21,23-30,32-33,35-38H,1,7,15-16H2,2-5H3/b14-11-/t18-,21+,23-,24+,25+,26+,27+,28+,29-,30-,31-/m0/s1. The lowest BCUT2D eigenvalue weighted by molar-refractivity contribution is -0.364. The second-order valence-electron chi connectivity index (χ2n) is 11.3. The minimum Gasteiger partial charge on any atom is -0.508 e. The van der Waals surface area contributed by atoms with E-state index in [1.807, 2.05) is 19.9 Å². The molecule has 3 rings (SSSR count).